The molecule has 0 unspecified atom stereocenters. The lowest BCUT2D eigenvalue weighted by atomic mass is 9.84. The normalized spacial score (nSPS) is 26.1. The van der Waals surface area contributed by atoms with Gasteiger partial charge in [-0.2, -0.15) is 0 Å². The summed E-state index contributed by atoms with van der Waals surface area (Å²) in [6.45, 7) is 12.1. The Balaban J connectivity index is 1.22. The van der Waals surface area contributed by atoms with E-state index in [0.717, 1.165) is 93.7 Å². The number of fused-ring (bicyclic) bond motifs is 6. The van der Waals surface area contributed by atoms with E-state index in [9.17, 15) is 9.59 Å². The van der Waals surface area contributed by atoms with Crippen molar-refractivity contribution in [1.29, 1.82) is 0 Å². The number of nitrogens with two attached hydrogens (primary N) is 1. The van der Waals surface area contributed by atoms with Crippen molar-refractivity contribution >= 4 is 39.8 Å². The minimum absolute atomic E-state index is 0.207. The van der Waals surface area contributed by atoms with Gasteiger partial charge in [-0.15, -0.1) is 11.3 Å². The number of anilines is 1. The first-order valence-electron chi connectivity index (χ1n) is 19.7. The summed E-state index contributed by atoms with van der Waals surface area (Å²) < 4.78 is 21.1. The zero-order chi connectivity index (χ0) is 38.2. The number of nitrogens with zero attached hydrogens (tertiary/aromatic N) is 6. The highest BCUT2D eigenvalue weighted by atomic mass is 32.1. The smallest absolute Gasteiger partial charge is 0.328 e. The van der Waals surface area contributed by atoms with Gasteiger partial charge in [-0.05, 0) is 69.3 Å². The van der Waals surface area contributed by atoms with E-state index in [1.165, 1.54) is 11.3 Å². The maximum Gasteiger partial charge on any atom is 0.328 e. The maximum atomic E-state index is 14.1. The summed E-state index contributed by atoms with van der Waals surface area (Å²) in [5, 5.41) is 5.48. The summed E-state index contributed by atoms with van der Waals surface area (Å²) in [5.41, 5.74) is 16.5. The molecule has 14 heteroatoms. The van der Waals surface area contributed by atoms with E-state index in [1.807, 2.05) is 11.6 Å². The fraction of sp³-hybridized carbons (Fsp3) is 0.561. The van der Waals surface area contributed by atoms with E-state index in [4.69, 9.17) is 29.9 Å². The van der Waals surface area contributed by atoms with Crippen molar-refractivity contribution in [1.82, 2.24) is 29.9 Å². The average Bonchev–Trinajstić information content (AvgIpc) is 3.87. The molecule has 7 heterocycles. The topological polar surface area (TPSA) is 140 Å². The van der Waals surface area contributed by atoms with Gasteiger partial charge >= 0.3 is 5.97 Å². The highest BCUT2D eigenvalue weighted by Gasteiger charge is 2.53. The molecule has 0 radical (unpaired) electrons. The van der Waals surface area contributed by atoms with Crippen molar-refractivity contribution in [3.05, 3.63) is 46.0 Å². The van der Waals surface area contributed by atoms with Crippen molar-refractivity contribution in [3.8, 4) is 28.3 Å². The lowest BCUT2D eigenvalue weighted by Gasteiger charge is -2.41. The van der Waals surface area contributed by atoms with Crippen LogP contribution in [0.5, 0.6) is 5.75 Å². The molecule has 4 aliphatic heterocycles. The minimum atomic E-state index is -0.949. The van der Waals surface area contributed by atoms with Crippen LogP contribution in [0.4, 0.5) is 5.69 Å². The van der Waals surface area contributed by atoms with Crippen molar-refractivity contribution in [2.24, 2.45) is 17.1 Å². The number of likely N-dealkylation sites (N-methyl/N-ethyl adjacent to an activating group) is 1. The molecule has 292 valence electrons. The first-order valence-corrected chi connectivity index (χ1v) is 20.6. The second kappa shape index (κ2) is 13.8. The standard InChI is InChI=1S/C41H52N8O5S/c1-24(52-5)35-29(16-27(20-43-35)47-10-8-46(4)9-11-47)36-30-19-40(2,3)23-54-39(51)41-7-6-25(18-41)21-49(45-41)38(50)31(42)17-34-44-32(22-55-34)26-14-28(30)37-33(15-26)53-13-12-48(36)37/h14-16,20,22,24-25,31,45H,6-13,17-19,21,23,42H2,1-5H3/t24-,25+,31-,41-/m0/s1. The molecule has 1 saturated carbocycles. The molecule has 4 aromatic rings. The van der Waals surface area contributed by atoms with Crippen LogP contribution in [-0.4, -0.2) is 108 Å². The number of thiazole rings is 1. The van der Waals surface area contributed by atoms with Crippen LogP contribution in [0, 0.1) is 11.3 Å². The van der Waals surface area contributed by atoms with Gasteiger partial charge in [0.25, 0.3) is 5.91 Å². The van der Waals surface area contributed by atoms with Crippen molar-refractivity contribution in [3.63, 3.8) is 0 Å². The molecule has 5 aliphatic rings. The van der Waals surface area contributed by atoms with Gasteiger partial charge in [-0.1, -0.05) is 13.8 Å². The molecule has 2 saturated heterocycles. The fourth-order valence-electron chi connectivity index (χ4n) is 9.35. The zero-order valence-electron chi connectivity index (χ0n) is 32.5. The SMILES string of the molecule is CO[C@@H](C)c1ncc(N2CCN(C)CC2)cc1-c1c2c3cc(cc4c3n1CCO4)-c1csc(n1)C[C@H](N)C(=O)N1C[C@@H]3CC[C@@](C3)(N1)C(=O)OCC(C)(C)C2. The molecule has 3 fully saturated rings. The van der Waals surface area contributed by atoms with Crippen molar-refractivity contribution < 1.29 is 23.8 Å². The molecule has 3 N–H and O–H groups in total. The molecule has 7 bridgehead atoms. The van der Waals surface area contributed by atoms with Gasteiger partial charge in [0.05, 0.1) is 64.8 Å². The van der Waals surface area contributed by atoms with Gasteiger partial charge in [0.2, 0.25) is 0 Å². The van der Waals surface area contributed by atoms with Gasteiger partial charge < -0.3 is 34.3 Å². The van der Waals surface area contributed by atoms with Crippen molar-refractivity contribution in [2.45, 2.75) is 77.1 Å². The third kappa shape index (κ3) is 6.49. The molecular weight excluding hydrogens is 717 g/mol. The molecule has 1 amide bonds. The largest absolute Gasteiger partial charge is 0.489 e. The van der Waals surface area contributed by atoms with Gasteiger partial charge in [0.15, 0.2) is 0 Å². The second-order valence-corrected chi connectivity index (χ2v) is 18.0. The number of nitrogens with one attached hydrogen (secondary N) is 1. The Morgan fingerprint density at radius 2 is 1.93 bits per heavy atom. The first-order chi connectivity index (χ1) is 26.4. The number of ether oxygens (including phenoxy) is 3. The highest BCUT2D eigenvalue weighted by molar-refractivity contribution is 7.10. The molecule has 4 atom stereocenters. The highest BCUT2D eigenvalue weighted by Crippen LogP contribution is 2.47. The van der Waals surface area contributed by atoms with Crippen LogP contribution in [0.15, 0.2) is 29.8 Å². The number of methoxy groups -OCH3 is 1. The summed E-state index contributed by atoms with van der Waals surface area (Å²) in [4.78, 5) is 42.8. The van der Waals surface area contributed by atoms with Gasteiger partial charge in [0, 0.05) is 73.6 Å². The second-order valence-electron chi connectivity index (χ2n) is 17.1. The minimum Gasteiger partial charge on any atom is -0.489 e. The number of hydrazine groups is 1. The summed E-state index contributed by atoms with van der Waals surface area (Å²) in [6.07, 6.45) is 4.77. The Bertz CT molecular complexity index is 2160. The molecule has 55 heavy (non-hydrogen) atoms. The molecule has 1 spiro atoms. The molecular formula is C41H52N8O5S. The van der Waals surface area contributed by atoms with E-state index in [1.54, 1.807) is 12.1 Å². The summed E-state index contributed by atoms with van der Waals surface area (Å²) >= 11 is 1.51. The van der Waals surface area contributed by atoms with Gasteiger partial charge in [-0.25, -0.2) is 15.2 Å². The quantitative estimate of drug-likeness (QED) is 0.283. The summed E-state index contributed by atoms with van der Waals surface area (Å²) in [7, 11) is 3.90. The summed E-state index contributed by atoms with van der Waals surface area (Å²) in [6, 6.07) is 5.82. The third-order valence-electron chi connectivity index (χ3n) is 12.4. The number of piperazine rings is 1. The number of rotatable bonds is 4. The number of cyclic esters (lactones) is 1. The number of amides is 1. The van der Waals surface area contributed by atoms with E-state index < -0.39 is 17.0 Å². The Morgan fingerprint density at radius 3 is 2.73 bits per heavy atom. The molecule has 1 aliphatic carbocycles. The predicted molar refractivity (Wildman–Crippen MR) is 212 cm³/mol. The number of benzene rings is 1. The number of aromatic nitrogens is 3. The van der Waals surface area contributed by atoms with Gasteiger partial charge in [-0.3, -0.25) is 14.8 Å². The van der Waals surface area contributed by atoms with Crippen LogP contribution in [-0.2, 0) is 38.4 Å². The lowest BCUT2D eigenvalue weighted by molar-refractivity contribution is -0.162. The van der Waals surface area contributed by atoms with Crippen LogP contribution in [0.3, 0.4) is 0 Å². The van der Waals surface area contributed by atoms with Crippen LogP contribution < -0.4 is 20.8 Å². The van der Waals surface area contributed by atoms with E-state index in [0.29, 0.717) is 45.4 Å². The first kappa shape index (κ1) is 36.6. The fourth-order valence-corrected chi connectivity index (χ4v) is 10.2. The predicted octanol–water partition coefficient (Wildman–Crippen LogP) is 4.56. The average molecular weight is 769 g/mol. The number of esters is 1. The van der Waals surface area contributed by atoms with Crippen LogP contribution in [0.25, 0.3) is 33.4 Å². The number of hydrogen-bond donors (Lipinski definition) is 2. The van der Waals surface area contributed by atoms with Gasteiger partial charge in [0.1, 0.15) is 17.9 Å². The van der Waals surface area contributed by atoms with E-state index in [-0.39, 0.29) is 30.5 Å². The van der Waals surface area contributed by atoms with E-state index in [2.05, 4.69) is 65.8 Å². The number of carbonyl (C=O) groups excluding carboxylic acids is 2. The Labute approximate surface area is 326 Å². The van der Waals surface area contributed by atoms with Crippen molar-refractivity contribution in [2.75, 3.05) is 65.0 Å². The van der Waals surface area contributed by atoms with Crippen LogP contribution in [0.1, 0.15) is 62.4 Å². The summed E-state index contributed by atoms with van der Waals surface area (Å²) in [5.74, 6) is 0.476. The van der Waals surface area contributed by atoms with Crippen LogP contribution >= 0.6 is 11.3 Å². The molecule has 1 aromatic carbocycles. The zero-order valence-corrected chi connectivity index (χ0v) is 33.3. The van der Waals surface area contributed by atoms with E-state index >= 15 is 0 Å². The number of pyridine rings is 1. The Kier molecular flexibility index (Phi) is 9.20. The maximum absolute atomic E-state index is 14.1. The molecule has 3 aromatic heterocycles. The number of hydrogen-bond acceptors (Lipinski definition) is 12. The molecule has 13 nitrogen and oxygen atoms in total. The lowest BCUT2D eigenvalue weighted by Crippen LogP contribution is -2.65. The molecule has 9 rings (SSSR count). The monoisotopic (exact) mass is 768 g/mol. The Morgan fingerprint density at radius 1 is 1.11 bits per heavy atom. The third-order valence-corrected chi connectivity index (χ3v) is 13.3. The number of carbonyl (C=O) groups is 2. The Hall–Kier alpha value is -4.08. The van der Waals surface area contributed by atoms with Crippen LogP contribution in [0.2, 0.25) is 0 Å².